The minimum Gasteiger partial charge on any atom is -0.462 e. The standard InChI is InChI=1S/C29H29N3O3S/c1-2-35-29(34)22-10-13-24-25(18-22)31-28(33)26(24)27(21-6-4-3-5-7-21)30-23-11-8-20(9-12-23)19-32-14-16-36-17-15-32/h3-13,18,30H,2,14-17,19H2,1H3,(H,31,33)/b27-26-. The van der Waals surface area contributed by atoms with Gasteiger partial charge in [0, 0.05) is 42.4 Å². The van der Waals surface area contributed by atoms with Crippen LogP contribution in [-0.2, 0) is 16.1 Å². The number of hydrogen-bond acceptors (Lipinski definition) is 6. The molecule has 0 atom stereocenters. The molecule has 2 aliphatic rings. The van der Waals surface area contributed by atoms with Gasteiger partial charge in [0.1, 0.15) is 0 Å². The Balaban J connectivity index is 1.46. The van der Waals surface area contributed by atoms with Crippen molar-refractivity contribution in [1.82, 2.24) is 4.90 Å². The van der Waals surface area contributed by atoms with Crippen LogP contribution in [0.3, 0.4) is 0 Å². The molecule has 7 heteroatoms. The van der Waals surface area contributed by atoms with Crippen molar-refractivity contribution in [1.29, 1.82) is 0 Å². The first kappa shape index (κ1) is 24.2. The number of anilines is 2. The number of carbonyl (C=O) groups is 2. The number of ether oxygens (including phenoxy) is 1. The van der Waals surface area contributed by atoms with Crippen molar-refractivity contribution in [3.8, 4) is 0 Å². The molecule has 0 spiro atoms. The predicted molar refractivity (Wildman–Crippen MR) is 147 cm³/mol. The van der Waals surface area contributed by atoms with Gasteiger partial charge in [0.2, 0.25) is 0 Å². The Hall–Kier alpha value is -3.55. The third-order valence-corrected chi connectivity index (χ3v) is 7.26. The largest absolute Gasteiger partial charge is 0.462 e. The first-order valence-electron chi connectivity index (χ1n) is 12.2. The van der Waals surface area contributed by atoms with Gasteiger partial charge in [-0.1, -0.05) is 48.5 Å². The number of nitrogens with one attached hydrogen (secondary N) is 2. The molecule has 2 aliphatic heterocycles. The van der Waals surface area contributed by atoms with Gasteiger partial charge in [0.05, 0.1) is 29.1 Å². The van der Waals surface area contributed by atoms with Crippen LogP contribution in [0.4, 0.5) is 11.4 Å². The number of benzene rings is 3. The van der Waals surface area contributed by atoms with Crippen molar-refractivity contribution in [2.75, 3.05) is 41.8 Å². The molecule has 36 heavy (non-hydrogen) atoms. The zero-order chi connectivity index (χ0) is 24.9. The Morgan fingerprint density at radius 2 is 1.75 bits per heavy atom. The summed E-state index contributed by atoms with van der Waals surface area (Å²) >= 11 is 2.02. The highest BCUT2D eigenvalue weighted by atomic mass is 32.2. The first-order valence-corrected chi connectivity index (χ1v) is 13.4. The summed E-state index contributed by atoms with van der Waals surface area (Å²) in [4.78, 5) is 27.9. The van der Waals surface area contributed by atoms with Crippen molar-refractivity contribution in [2.24, 2.45) is 0 Å². The van der Waals surface area contributed by atoms with Gasteiger partial charge in [-0.15, -0.1) is 0 Å². The van der Waals surface area contributed by atoms with Crippen molar-refractivity contribution in [2.45, 2.75) is 13.5 Å². The van der Waals surface area contributed by atoms with Crippen LogP contribution in [0.2, 0.25) is 0 Å². The number of rotatable bonds is 7. The minimum absolute atomic E-state index is 0.211. The molecule has 0 aromatic heterocycles. The van der Waals surface area contributed by atoms with E-state index in [9.17, 15) is 9.59 Å². The highest BCUT2D eigenvalue weighted by Gasteiger charge is 2.29. The minimum atomic E-state index is -0.406. The number of amides is 1. The molecule has 1 saturated heterocycles. The van der Waals surface area contributed by atoms with Crippen LogP contribution in [0.5, 0.6) is 0 Å². The monoisotopic (exact) mass is 499 g/mol. The molecule has 2 N–H and O–H groups in total. The Kier molecular flexibility index (Phi) is 7.39. The molecule has 0 radical (unpaired) electrons. The van der Waals surface area contributed by atoms with Gasteiger partial charge < -0.3 is 15.4 Å². The fourth-order valence-corrected chi connectivity index (χ4v) is 5.48. The molecule has 3 aromatic rings. The van der Waals surface area contributed by atoms with E-state index in [0.29, 0.717) is 23.4 Å². The third kappa shape index (κ3) is 5.32. The second-order valence-electron chi connectivity index (χ2n) is 8.76. The van der Waals surface area contributed by atoms with E-state index < -0.39 is 5.97 Å². The zero-order valence-electron chi connectivity index (χ0n) is 20.3. The number of nitrogens with zero attached hydrogens (tertiary/aromatic N) is 1. The van der Waals surface area contributed by atoms with Gasteiger partial charge in [-0.3, -0.25) is 9.69 Å². The van der Waals surface area contributed by atoms with Crippen molar-refractivity contribution in [3.63, 3.8) is 0 Å². The molecule has 6 nitrogen and oxygen atoms in total. The van der Waals surface area contributed by atoms with E-state index in [0.717, 1.165) is 42.1 Å². The summed E-state index contributed by atoms with van der Waals surface area (Å²) in [7, 11) is 0. The van der Waals surface area contributed by atoms with E-state index in [-0.39, 0.29) is 5.91 Å². The Morgan fingerprint density at radius 3 is 2.47 bits per heavy atom. The summed E-state index contributed by atoms with van der Waals surface area (Å²) in [6.45, 7) is 5.27. The maximum absolute atomic E-state index is 13.2. The van der Waals surface area contributed by atoms with Crippen LogP contribution in [0.25, 0.3) is 11.3 Å². The molecule has 0 bridgehead atoms. The number of hydrogen-bond donors (Lipinski definition) is 2. The second-order valence-corrected chi connectivity index (χ2v) is 9.99. The molecular weight excluding hydrogens is 470 g/mol. The van der Waals surface area contributed by atoms with Crippen molar-refractivity contribution < 1.29 is 14.3 Å². The Bertz CT molecular complexity index is 1280. The number of esters is 1. The van der Waals surface area contributed by atoms with Crippen LogP contribution in [0.15, 0.2) is 72.8 Å². The van der Waals surface area contributed by atoms with Crippen LogP contribution in [-0.4, -0.2) is 48.0 Å². The van der Waals surface area contributed by atoms with Gasteiger partial charge in [-0.05, 0) is 42.3 Å². The van der Waals surface area contributed by atoms with Crippen molar-refractivity contribution in [3.05, 3.63) is 95.1 Å². The molecule has 0 saturated carbocycles. The molecule has 1 amide bonds. The lowest BCUT2D eigenvalue weighted by molar-refractivity contribution is -0.110. The SMILES string of the molecule is CCOC(=O)c1ccc2c(c1)NC(=O)/C2=C(\Nc1ccc(CN2CCSCC2)cc1)c1ccccc1. The van der Waals surface area contributed by atoms with Crippen LogP contribution >= 0.6 is 11.8 Å². The summed E-state index contributed by atoms with van der Waals surface area (Å²) < 4.78 is 5.11. The first-order chi connectivity index (χ1) is 17.6. The topological polar surface area (TPSA) is 70.7 Å². The lowest BCUT2D eigenvalue weighted by atomic mass is 9.99. The zero-order valence-corrected chi connectivity index (χ0v) is 21.1. The van der Waals surface area contributed by atoms with E-state index in [4.69, 9.17) is 4.74 Å². The third-order valence-electron chi connectivity index (χ3n) is 6.32. The normalized spacial score (nSPS) is 16.8. The van der Waals surface area contributed by atoms with Crippen molar-refractivity contribution >= 4 is 46.3 Å². The number of fused-ring (bicyclic) bond motifs is 1. The maximum Gasteiger partial charge on any atom is 0.338 e. The predicted octanol–water partition coefficient (Wildman–Crippen LogP) is 5.34. The lowest BCUT2D eigenvalue weighted by Crippen LogP contribution is -2.31. The second kappa shape index (κ2) is 11.0. The van der Waals surface area contributed by atoms with Crippen LogP contribution in [0.1, 0.15) is 34.0 Å². The average molecular weight is 500 g/mol. The molecule has 1 fully saturated rings. The van der Waals surface area contributed by atoms with E-state index in [1.165, 1.54) is 17.1 Å². The highest BCUT2D eigenvalue weighted by molar-refractivity contribution is 7.99. The fraction of sp³-hybridized carbons (Fsp3) is 0.241. The summed E-state index contributed by atoms with van der Waals surface area (Å²) in [5, 5.41) is 6.43. The summed E-state index contributed by atoms with van der Waals surface area (Å²) in [6, 6.07) is 23.4. The summed E-state index contributed by atoms with van der Waals surface area (Å²) in [5.41, 5.74) is 6.11. The number of thioether (sulfide) groups is 1. The van der Waals surface area contributed by atoms with E-state index in [1.54, 1.807) is 25.1 Å². The quantitative estimate of drug-likeness (QED) is 0.338. The summed E-state index contributed by atoms with van der Waals surface area (Å²) in [6.07, 6.45) is 0. The van der Waals surface area contributed by atoms with E-state index in [2.05, 4.69) is 39.8 Å². The van der Waals surface area contributed by atoms with Gasteiger partial charge in [0.25, 0.3) is 5.91 Å². The van der Waals surface area contributed by atoms with Gasteiger partial charge in [-0.2, -0.15) is 11.8 Å². The van der Waals surface area contributed by atoms with E-state index in [1.807, 2.05) is 42.1 Å². The van der Waals surface area contributed by atoms with Gasteiger partial charge in [-0.25, -0.2) is 4.79 Å². The van der Waals surface area contributed by atoms with Gasteiger partial charge >= 0.3 is 5.97 Å². The average Bonchev–Trinajstić information content (AvgIpc) is 3.24. The highest BCUT2D eigenvalue weighted by Crippen LogP contribution is 2.38. The molecule has 2 heterocycles. The maximum atomic E-state index is 13.2. The van der Waals surface area contributed by atoms with E-state index >= 15 is 0 Å². The number of carbonyl (C=O) groups excluding carboxylic acids is 2. The Labute approximate surface area is 215 Å². The molecule has 184 valence electrons. The molecule has 0 unspecified atom stereocenters. The fourth-order valence-electron chi connectivity index (χ4n) is 4.50. The smallest absolute Gasteiger partial charge is 0.338 e. The van der Waals surface area contributed by atoms with Gasteiger partial charge in [0.15, 0.2) is 0 Å². The molecule has 0 aliphatic carbocycles. The van der Waals surface area contributed by atoms with Crippen LogP contribution < -0.4 is 10.6 Å². The molecule has 5 rings (SSSR count). The Morgan fingerprint density at radius 1 is 1.00 bits per heavy atom. The summed E-state index contributed by atoms with van der Waals surface area (Å²) in [5.74, 6) is 1.77. The lowest BCUT2D eigenvalue weighted by Gasteiger charge is -2.26. The molecule has 3 aromatic carbocycles. The molecular formula is C29H29N3O3S. The van der Waals surface area contributed by atoms with Crippen LogP contribution in [0, 0.1) is 0 Å².